The van der Waals surface area contributed by atoms with E-state index in [1.54, 1.807) is 6.07 Å². The predicted molar refractivity (Wildman–Crippen MR) is 276 cm³/mol. The van der Waals surface area contributed by atoms with Crippen LogP contribution < -0.4 is 4.40 Å². The Labute approximate surface area is 406 Å². The van der Waals surface area contributed by atoms with Crippen molar-refractivity contribution in [2.45, 2.75) is 90.9 Å². The molecule has 0 unspecified atom stereocenters. The van der Waals surface area contributed by atoms with E-state index in [-0.39, 0.29) is 20.1 Å². The minimum absolute atomic E-state index is 0. The van der Waals surface area contributed by atoms with Crippen LogP contribution in [0, 0.1) is 43.2 Å². The molecule has 0 saturated heterocycles. The van der Waals surface area contributed by atoms with E-state index in [9.17, 15) is 0 Å². The van der Waals surface area contributed by atoms with E-state index in [1.165, 1.54) is 69.2 Å². The third kappa shape index (κ3) is 9.86. The maximum absolute atomic E-state index is 8.89. The molecule has 0 bridgehead atoms. The van der Waals surface area contributed by atoms with Crippen LogP contribution in [0.5, 0.6) is 0 Å². The Bertz CT molecular complexity index is 3150. The van der Waals surface area contributed by atoms with Gasteiger partial charge in [0.1, 0.15) is 0 Å². The molecule has 0 spiro atoms. The normalized spacial score (nSPS) is 11.6. The van der Waals surface area contributed by atoms with E-state index in [0.717, 1.165) is 40.1 Å². The first kappa shape index (κ1) is 47.8. The van der Waals surface area contributed by atoms with Gasteiger partial charge in [0.15, 0.2) is 0 Å². The number of aryl methyl sites for hydroxylation is 2. The van der Waals surface area contributed by atoms with Crippen molar-refractivity contribution in [1.29, 1.82) is 5.26 Å². The topological polar surface area (TPSA) is 54.5 Å². The maximum atomic E-state index is 8.89. The van der Waals surface area contributed by atoms with Crippen molar-refractivity contribution < 1.29 is 20.1 Å². The number of hydrogen-bond donors (Lipinski definition) is 0. The summed E-state index contributed by atoms with van der Waals surface area (Å²) in [5.74, 6) is 9.47. The molecule has 0 N–H and O–H groups in total. The van der Waals surface area contributed by atoms with Crippen molar-refractivity contribution >= 4 is 60.2 Å². The summed E-state index contributed by atoms with van der Waals surface area (Å²) in [4.78, 5) is 10.0. The van der Waals surface area contributed by atoms with E-state index in [1.807, 2.05) is 23.5 Å². The summed E-state index contributed by atoms with van der Waals surface area (Å²) in [7, 11) is 0. The quantitative estimate of drug-likeness (QED) is 0.107. The molecule has 0 aliphatic rings. The van der Waals surface area contributed by atoms with Gasteiger partial charge in [-0.05, 0) is 87.0 Å². The Morgan fingerprint density at radius 2 is 1.46 bits per heavy atom. The molecule has 331 valence electrons. The zero-order chi connectivity index (χ0) is 45.4. The number of aromatic nitrogens is 3. The molecule has 0 aliphatic carbocycles. The van der Waals surface area contributed by atoms with Gasteiger partial charge in [-0.1, -0.05) is 100 Å². The molecule has 0 atom stereocenters. The Hall–Kier alpha value is -5.16. The number of pyridine rings is 1. The molecule has 1 radical (unpaired) electrons. The Morgan fingerprint density at radius 1 is 0.769 bits per heavy atom. The Morgan fingerprint density at radius 3 is 2.09 bits per heavy atom. The summed E-state index contributed by atoms with van der Waals surface area (Å²) in [5, 5.41) is 11.5. The summed E-state index contributed by atoms with van der Waals surface area (Å²) in [6, 6.07) is 49.8. The van der Waals surface area contributed by atoms with Crippen LogP contribution >= 0.6 is 11.3 Å². The molecule has 7 heteroatoms. The number of fused-ring (bicyclic) bond motifs is 4. The monoisotopic (exact) mass is 1110 g/mol. The first-order valence-corrected chi connectivity index (χ1v) is 30.8. The Kier molecular flexibility index (Phi) is 14.5. The van der Waals surface area contributed by atoms with E-state index in [0.29, 0.717) is 23.3 Å². The number of hydrogen-bond acceptors (Lipinski definition) is 4. The summed E-state index contributed by atoms with van der Waals surface area (Å²) < 4.78 is 6.50. The van der Waals surface area contributed by atoms with Crippen LogP contribution in [0.1, 0.15) is 86.8 Å². The van der Waals surface area contributed by atoms with Crippen LogP contribution in [0.2, 0.25) is 17.3 Å². The molecule has 9 aromatic rings. The van der Waals surface area contributed by atoms with Crippen molar-refractivity contribution in [2.24, 2.45) is 5.92 Å². The van der Waals surface area contributed by atoms with Gasteiger partial charge < -0.3 is 4.57 Å². The second-order valence-electron chi connectivity index (χ2n) is 19.3. The summed E-state index contributed by atoms with van der Waals surface area (Å²) in [5.41, 5.74) is 16.1. The first-order chi connectivity index (χ1) is 30.6. The Balaban J connectivity index is 0.000000233. The molecular formula is C58H58GeIrN4S-2. The van der Waals surface area contributed by atoms with Gasteiger partial charge in [0, 0.05) is 30.5 Å². The van der Waals surface area contributed by atoms with E-state index in [2.05, 4.69) is 204 Å². The van der Waals surface area contributed by atoms with Crippen LogP contribution in [-0.2, 0) is 26.5 Å². The third-order valence-corrected chi connectivity index (χ3v) is 17.6. The first-order valence-electron chi connectivity index (χ1n) is 22.6. The smallest absolute Gasteiger partial charge is 0.0774 e. The minimum Gasteiger partial charge on any atom is -0.333 e. The van der Waals surface area contributed by atoms with Crippen molar-refractivity contribution in [2.75, 3.05) is 0 Å². The number of benzene rings is 6. The van der Waals surface area contributed by atoms with Gasteiger partial charge in [0.2, 0.25) is 0 Å². The van der Waals surface area contributed by atoms with Crippen LogP contribution in [0.15, 0.2) is 121 Å². The van der Waals surface area contributed by atoms with Crippen molar-refractivity contribution in [3.05, 3.63) is 167 Å². The molecule has 0 amide bonds. The fraction of sp³-hybridized carbons (Fsp3) is 0.259. The van der Waals surface area contributed by atoms with Crippen LogP contribution in [-0.4, -0.2) is 27.8 Å². The SMILES string of the molecule is CC(C)Cc1cc(-c2[c-]cc(C#N)cc2)nc[c]1[Ge]([CH3])([CH3])[CH3].Cc1ccc2c(c1)sc1c(-c3nc4ccccc4n3-c3c(C(C)C)cc(-c4ccccc4)cc3C(C)C)[c-]cc(C)c12.[Ir]. The number of nitriles is 1. The van der Waals surface area contributed by atoms with Gasteiger partial charge in [-0.3, -0.25) is 4.98 Å². The van der Waals surface area contributed by atoms with Gasteiger partial charge in [-0.15, -0.1) is 17.7 Å². The number of nitrogens with zero attached hydrogens (tertiary/aromatic N) is 4. The second kappa shape index (κ2) is 19.7. The van der Waals surface area contributed by atoms with Crippen LogP contribution in [0.4, 0.5) is 0 Å². The summed E-state index contributed by atoms with van der Waals surface area (Å²) >= 11 is -0.0580. The zero-order valence-electron chi connectivity index (χ0n) is 39.5. The molecule has 65 heavy (non-hydrogen) atoms. The summed E-state index contributed by atoms with van der Waals surface area (Å²) in [6.45, 7) is 18.1. The van der Waals surface area contributed by atoms with Crippen LogP contribution in [0.3, 0.4) is 0 Å². The average molecular weight is 1110 g/mol. The molecule has 3 heterocycles. The molecule has 6 aromatic carbocycles. The van der Waals surface area contributed by atoms with E-state index in [4.69, 9.17) is 10.2 Å². The molecular weight excluding hydrogens is 1050 g/mol. The predicted octanol–water partition coefficient (Wildman–Crippen LogP) is 15.6. The third-order valence-electron chi connectivity index (χ3n) is 12.1. The van der Waals surface area contributed by atoms with E-state index < -0.39 is 13.3 Å². The van der Waals surface area contributed by atoms with Gasteiger partial charge in [-0.25, -0.2) is 0 Å². The molecule has 0 fully saturated rings. The van der Waals surface area contributed by atoms with Gasteiger partial charge >= 0.3 is 136 Å². The van der Waals surface area contributed by atoms with Crippen molar-refractivity contribution in [1.82, 2.24) is 14.5 Å². The standard InChI is InChI=1S/C39H35N2S.C19H23GeN2.Ir/c1-23(2)31-21-28(27-12-8-7-9-13-27)22-32(24(3)4)37(31)41-34-15-11-10-14-33(34)40-39(41)30-19-17-26(6)36-29-18-16-25(5)20-35(29)42-38(30)36;1-14(2)10-17-11-19(22-13-18(17)20(3,4)5)16-8-6-15(12-21)7-9-16;/h7-18,20-24H,1-6H3;6-8,11,13-14H,10H2,1-5H3;/q2*-1;. The largest absolute Gasteiger partial charge is 0.333 e. The fourth-order valence-electron chi connectivity index (χ4n) is 8.87. The molecule has 4 nitrogen and oxygen atoms in total. The van der Waals surface area contributed by atoms with Gasteiger partial charge in [0.05, 0.1) is 16.9 Å². The second-order valence-corrected chi connectivity index (χ2v) is 30.9. The van der Waals surface area contributed by atoms with Crippen molar-refractivity contribution in [3.8, 4) is 45.5 Å². The number of rotatable bonds is 9. The minimum atomic E-state index is -1.92. The molecule has 0 aliphatic heterocycles. The number of para-hydroxylation sites is 2. The fourth-order valence-corrected chi connectivity index (χ4v) is 13.6. The molecule has 0 saturated carbocycles. The van der Waals surface area contributed by atoms with Crippen molar-refractivity contribution in [3.63, 3.8) is 0 Å². The zero-order valence-corrected chi connectivity index (χ0v) is 44.8. The average Bonchev–Trinajstić information content (AvgIpc) is 3.85. The molecule has 3 aromatic heterocycles. The van der Waals surface area contributed by atoms with Gasteiger partial charge in [0.25, 0.3) is 0 Å². The number of imidazole rings is 1. The van der Waals surface area contributed by atoms with Gasteiger partial charge in [-0.2, -0.15) is 11.3 Å². The summed E-state index contributed by atoms with van der Waals surface area (Å²) in [6.07, 6.45) is 3.17. The molecule has 9 rings (SSSR count). The van der Waals surface area contributed by atoms with E-state index >= 15 is 0 Å². The number of thiophene rings is 1. The maximum Gasteiger partial charge on any atom is 0.0774 e. The van der Waals surface area contributed by atoms with Crippen LogP contribution in [0.25, 0.3) is 70.7 Å².